The molecule has 0 heterocycles. The van der Waals surface area contributed by atoms with Crippen molar-refractivity contribution in [2.45, 2.75) is 43.8 Å². The number of methoxy groups -OCH3 is 1. The highest BCUT2D eigenvalue weighted by molar-refractivity contribution is 7.92. The summed E-state index contributed by atoms with van der Waals surface area (Å²) in [6.45, 7) is 10.5. The fraction of sp³-hybridized carbons (Fsp3) is 0.550. The Morgan fingerprint density at radius 1 is 1.24 bits per heavy atom. The van der Waals surface area contributed by atoms with E-state index in [1.54, 1.807) is 24.3 Å². The van der Waals surface area contributed by atoms with Gasteiger partial charge in [-0.1, -0.05) is 43.7 Å². The predicted octanol–water partition coefficient (Wildman–Crippen LogP) is 3.55. The first-order chi connectivity index (χ1) is 11.6. The smallest absolute Gasteiger partial charge is 0.325 e. The molecule has 1 aromatic rings. The van der Waals surface area contributed by atoms with Gasteiger partial charge in [-0.15, -0.1) is 0 Å². The number of carbonyl (C=O) groups is 1. The normalized spacial score (nSPS) is 28.8. The van der Waals surface area contributed by atoms with E-state index < -0.39 is 21.1 Å². The molecule has 4 nitrogen and oxygen atoms in total. The number of ether oxygens (including phenoxy) is 1. The van der Waals surface area contributed by atoms with Crippen molar-refractivity contribution < 1.29 is 17.9 Å². The molecular formula is C20H26O4S. The Balaban J connectivity index is 2.00. The van der Waals surface area contributed by atoms with Gasteiger partial charge in [0, 0.05) is 5.92 Å². The van der Waals surface area contributed by atoms with Crippen molar-refractivity contribution in [1.29, 1.82) is 0 Å². The number of allylic oxidation sites excluding steroid dienone is 1. The monoisotopic (exact) mass is 362 g/mol. The minimum atomic E-state index is -3.84. The molecule has 3 saturated carbocycles. The first-order valence-corrected chi connectivity index (χ1v) is 10.2. The van der Waals surface area contributed by atoms with Crippen LogP contribution < -0.4 is 0 Å². The molecule has 2 bridgehead atoms. The second-order valence-electron chi connectivity index (χ2n) is 8.03. The first-order valence-electron chi connectivity index (χ1n) is 8.67. The van der Waals surface area contributed by atoms with E-state index in [0.29, 0.717) is 12.3 Å². The molecule has 0 saturated heterocycles. The van der Waals surface area contributed by atoms with E-state index >= 15 is 0 Å². The molecule has 136 valence electrons. The largest absolute Gasteiger partial charge is 0.468 e. The molecule has 1 aromatic carbocycles. The summed E-state index contributed by atoms with van der Waals surface area (Å²) < 4.78 is 31.3. The van der Waals surface area contributed by atoms with Crippen LogP contribution in [-0.2, 0) is 19.4 Å². The Kier molecular flexibility index (Phi) is 4.34. The van der Waals surface area contributed by atoms with E-state index in [-0.39, 0.29) is 22.1 Å². The number of benzene rings is 1. The van der Waals surface area contributed by atoms with Gasteiger partial charge in [-0.25, -0.2) is 8.42 Å². The lowest BCUT2D eigenvalue weighted by atomic mass is 9.45. The third-order valence-electron chi connectivity index (χ3n) is 6.42. The van der Waals surface area contributed by atoms with Gasteiger partial charge in [-0.3, -0.25) is 4.79 Å². The molecule has 0 aliphatic heterocycles. The minimum Gasteiger partial charge on any atom is -0.468 e. The zero-order valence-corrected chi connectivity index (χ0v) is 16.1. The van der Waals surface area contributed by atoms with Crippen molar-refractivity contribution in [2.75, 3.05) is 7.11 Å². The average Bonchev–Trinajstić information content (AvgIpc) is 2.56. The molecule has 0 aromatic heterocycles. The van der Waals surface area contributed by atoms with Gasteiger partial charge in [0.1, 0.15) is 0 Å². The number of carbonyl (C=O) groups excluding carboxylic acids is 1. The molecule has 0 spiro atoms. The minimum absolute atomic E-state index is 0.141. The first kappa shape index (κ1) is 18.2. The molecule has 3 fully saturated rings. The molecule has 0 unspecified atom stereocenters. The topological polar surface area (TPSA) is 60.4 Å². The number of esters is 1. The highest BCUT2D eigenvalue weighted by Gasteiger charge is 2.58. The zero-order chi connectivity index (χ0) is 18.6. The van der Waals surface area contributed by atoms with E-state index in [1.165, 1.54) is 7.11 Å². The fourth-order valence-electron chi connectivity index (χ4n) is 4.58. The third-order valence-corrected chi connectivity index (χ3v) is 8.53. The molecule has 3 aliphatic carbocycles. The van der Waals surface area contributed by atoms with Gasteiger partial charge in [0.15, 0.2) is 15.1 Å². The van der Waals surface area contributed by atoms with Gasteiger partial charge in [-0.05, 0) is 49.1 Å². The fourth-order valence-corrected chi connectivity index (χ4v) is 6.45. The summed E-state index contributed by atoms with van der Waals surface area (Å²) in [7, 11) is -2.59. The van der Waals surface area contributed by atoms with Crippen LogP contribution in [0.15, 0.2) is 41.3 Å². The van der Waals surface area contributed by atoms with E-state index in [0.717, 1.165) is 17.6 Å². The van der Waals surface area contributed by atoms with Gasteiger partial charge < -0.3 is 4.74 Å². The molecule has 25 heavy (non-hydrogen) atoms. The number of fused-ring (bicyclic) bond motifs is 2. The molecule has 0 radical (unpaired) electrons. The second kappa shape index (κ2) is 5.97. The predicted molar refractivity (Wildman–Crippen MR) is 96.8 cm³/mol. The standard InChI is InChI=1S/C20H26O4S/c1-12-6-8-15(9-7-12)25(22,23)18(19(21)24-5)16-10-14-11-17(13(16)2)20(14,3)4/h6-9,14,16-18H,2,10-11H2,1,3-5H3/t14-,16-,17-,18+/m0/s1. The number of hydrogen-bond donors (Lipinski definition) is 0. The Morgan fingerprint density at radius 3 is 2.32 bits per heavy atom. The molecule has 0 N–H and O–H groups in total. The zero-order valence-electron chi connectivity index (χ0n) is 15.3. The molecule has 3 aliphatic rings. The van der Waals surface area contributed by atoms with Crippen molar-refractivity contribution >= 4 is 15.8 Å². The van der Waals surface area contributed by atoms with Gasteiger partial charge in [-0.2, -0.15) is 0 Å². The van der Waals surface area contributed by atoms with Crippen LogP contribution in [0.2, 0.25) is 0 Å². The number of rotatable bonds is 4. The maximum absolute atomic E-state index is 13.2. The van der Waals surface area contributed by atoms with Crippen molar-refractivity contribution in [1.82, 2.24) is 0 Å². The number of sulfone groups is 1. The summed E-state index contributed by atoms with van der Waals surface area (Å²) in [6.07, 6.45) is 1.72. The summed E-state index contributed by atoms with van der Waals surface area (Å²) in [5.74, 6) is -0.369. The van der Waals surface area contributed by atoms with Gasteiger partial charge in [0.2, 0.25) is 0 Å². The molecule has 5 heteroatoms. The van der Waals surface area contributed by atoms with Crippen molar-refractivity contribution in [3.05, 3.63) is 42.0 Å². The Labute approximate surface area is 150 Å². The number of aryl methyl sites for hydroxylation is 1. The number of hydrogen-bond acceptors (Lipinski definition) is 4. The lowest BCUT2D eigenvalue weighted by Gasteiger charge is -2.60. The van der Waals surface area contributed by atoms with E-state index in [9.17, 15) is 13.2 Å². The van der Waals surface area contributed by atoms with Crippen LogP contribution in [0.25, 0.3) is 0 Å². The average molecular weight is 362 g/mol. The molecule has 4 atom stereocenters. The summed E-state index contributed by atoms with van der Waals surface area (Å²) in [6, 6.07) is 6.63. The van der Waals surface area contributed by atoms with E-state index in [4.69, 9.17) is 4.74 Å². The highest BCUT2D eigenvalue weighted by Crippen LogP contribution is 2.63. The molecular weight excluding hydrogens is 336 g/mol. The van der Waals surface area contributed by atoms with Crippen molar-refractivity contribution in [3.63, 3.8) is 0 Å². The van der Waals surface area contributed by atoms with Crippen LogP contribution >= 0.6 is 0 Å². The van der Waals surface area contributed by atoms with E-state index in [1.807, 2.05) is 6.92 Å². The van der Waals surface area contributed by atoms with Crippen molar-refractivity contribution in [2.24, 2.45) is 23.2 Å². The molecule has 0 amide bonds. The van der Waals surface area contributed by atoms with Crippen LogP contribution in [0.3, 0.4) is 0 Å². The van der Waals surface area contributed by atoms with Crippen LogP contribution in [0.1, 0.15) is 32.3 Å². The maximum Gasteiger partial charge on any atom is 0.325 e. The van der Waals surface area contributed by atoms with Gasteiger partial charge in [0.05, 0.1) is 12.0 Å². The van der Waals surface area contributed by atoms with Crippen LogP contribution in [0.5, 0.6) is 0 Å². The van der Waals surface area contributed by atoms with Crippen LogP contribution in [0, 0.1) is 30.1 Å². The Bertz CT molecular complexity index is 805. The van der Waals surface area contributed by atoms with Crippen LogP contribution in [0.4, 0.5) is 0 Å². The third kappa shape index (κ3) is 2.73. The summed E-state index contributed by atoms with van der Waals surface area (Å²) in [5, 5.41) is -1.21. The SMILES string of the molecule is C=C1[C@@H]([C@H](C(=O)OC)S(=O)(=O)c2ccc(C)cc2)C[C@H]2C[C@@H]1C2(C)C. The Hall–Kier alpha value is -1.62. The lowest BCUT2D eigenvalue weighted by molar-refractivity contribution is -0.142. The highest BCUT2D eigenvalue weighted by atomic mass is 32.2. The Morgan fingerprint density at radius 2 is 1.84 bits per heavy atom. The van der Waals surface area contributed by atoms with E-state index in [2.05, 4.69) is 20.4 Å². The van der Waals surface area contributed by atoms with Gasteiger partial charge in [0.25, 0.3) is 0 Å². The quantitative estimate of drug-likeness (QED) is 0.607. The summed E-state index contributed by atoms with van der Waals surface area (Å²) in [5.41, 5.74) is 2.00. The maximum atomic E-state index is 13.2. The summed E-state index contributed by atoms with van der Waals surface area (Å²) >= 11 is 0. The van der Waals surface area contributed by atoms with Crippen LogP contribution in [-0.4, -0.2) is 26.7 Å². The van der Waals surface area contributed by atoms with Gasteiger partial charge >= 0.3 is 5.97 Å². The lowest BCUT2D eigenvalue weighted by Crippen LogP contribution is -2.55. The van der Waals surface area contributed by atoms with Crippen molar-refractivity contribution in [3.8, 4) is 0 Å². The molecule has 4 rings (SSSR count). The summed E-state index contributed by atoms with van der Waals surface area (Å²) in [4.78, 5) is 12.7. The second-order valence-corrected chi connectivity index (χ2v) is 10.1.